The van der Waals surface area contributed by atoms with Gasteiger partial charge in [-0.3, -0.25) is 14.4 Å². The number of hydrogen-bond acceptors (Lipinski definition) is 4. The number of likely N-dealkylation sites (tertiary alicyclic amines) is 1. The first-order chi connectivity index (χ1) is 16.9. The standard InChI is InChI=1S/C27H27FN4O3/c1-2-24(32-15-3-4-25(32)33)27(35)30-21-12-7-18(8-13-21)26(34)31-23-16-19(9-14-22(23)29)17-5-10-20(28)11-6-17/h5-14,16,24H,2-4,15,29H2,1H3,(H,30,35)(H,31,34). The number of carbonyl (C=O) groups is 3. The Hall–Kier alpha value is -4.20. The number of nitrogens with zero attached hydrogens (tertiary/aromatic N) is 1. The van der Waals surface area contributed by atoms with Gasteiger partial charge in [-0.05, 0) is 72.5 Å². The van der Waals surface area contributed by atoms with Gasteiger partial charge in [0.2, 0.25) is 11.8 Å². The van der Waals surface area contributed by atoms with Crippen LogP contribution in [0.4, 0.5) is 21.5 Å². The van der Waals surface area contributed by atoms with E-state index in [9.17, 15) is 18.8 Å². The molecule has 3 aromatic carbocycles. The zero-order valence-electron chi connectivity index (χ0n) is 19.4. The Labute approximate surface area is 203 Å². The molecule has 4 rings (SSSR count). The van der Waals surface area contributed by atoms with E-state index in [0.717, 1.165) is 17.5 Å². The number of nitrogens with one attached hydrogen (secondary N) is 2. The molecule has 7 nitrogen and oxygen atoms in total. The summed E-state index contributed by atoms with van der Waals surface area (Å²) in [5, 5.41) is 5.64. The van der Waals surface area contributed by atoms with Gasteiger partial charge in [-0.15, -0.1) is 0 Å². The largest absolute Gasteiger partial charge is 0.397 e. The number of benzene rings is 3. The maximum absolute atomic E-state index is 13.2. The van der Waals surface area contributed by atoms with E-state index in [1.165, 1.54) is 12.1 Å². The number of nitrogens with two attached hydrogens (primary N) is 1. The molecule has 0 spiro atoms. The van der Waals surface area contributed by atoms with Crippen molar-refractivity contribution in [2.75, 3.05) is 22.9 Å². The number of rotatable bonds is 7. The van der Waals surface area contributed by atoms with E-state index < -0.39 is 6.04 Å². The molecule has 35 heavy (non-hydrogen) atoms. The zero-order chi connectivity index (χ0) is 24.9. The van der Waals surface area contributed by atoms with E-state index in [2.05, 4.69) is 10.6 Å². The van der Waals surface area contributed by atoms with Crippen LogP contribution in [0.3, 0.4) is 0 Å². The number of amides is 3. The van der Waals surface area contributed by atoms with Gasteiger partial charge in [-0.2, -0.15) is 0 Å². The number of hydrogen-bond donors (Lipinski definition) is 3. The molecule has 1 heterocycles. The molecule has 180 valence electrons. The summed E-state index contributed by atoms with van der Waals surface area (Å²) in [4.78, 5) is 39.2. The van der Waals surface area contributed by atoms with Crippen molar-refractivity contribution in [1.82, 2.24) is 4.90 Å². The second-order valence-corrected chi connectivity index (χ2v) is 8.44. The number of anilines is 3. The van der Waals surface area contributed by atoms with Crippen LogP contribution in [0.2, 0.25) is 0 Å². The fourth-order valence-corrected chi connectivity index (χ4v) is 4.16. The van der Waals surface area contributed by atoms with Gasteiger partial charge in [0.05, 0.1) is 11.4 Å². The quantitative estimate of drug-likeness (QED) is 0.433. The van der Waals surface area contributed by atoms with Crippen LogP contribution < -0.4 is 16.4 Å². The minimum absolute atomic E-state index is 0.00166. The van der Waals surface area contributed by atoms with Gasteiger partial charge in [0.25, 0.3) is 5.91 Å². The van der Waals surface area contributed by atoms with Gasteiger partial charge in [0.1, 0.15) is 11.9 Å². The Bertz CT molecular complexity index is 1240. The van der Waals surface area contributed by atoms with E-state index in [-0.39, 0.29) is 23.5 Å². The van der Waals surface area contributed by atoms with Crippen molar-refractivity contribution in [3.63, 3.8) is 0 Å². The summed E-state index contributed by atoms with van der Waals surface area (Å²) in [6.45, 7) is 2.47. The summed E-state index contributed by atoms with van der Waals surface area (Å²) in [5.74, 6) is -0.931. The molecule has 3 aromatic rings. The predicted octanol–water partition coefficient (Wildman–Crippen LogP) is 4.67. The predicted molar refractivity (Wildman–Crippen MR) is 134 cm³/mol. The molecule has 0 aromatic heterocycles. The summed E-state index contributed by atoms with van der Waals surface area (Å²) in [6.07, 6.45) is 1.77. The van der Waals surface area contributed by atoms with Crippen molar-refractivity contribution in [2.24, 2.45) is 0 Å². The lowest BCUT2D eigenvalue weighted by molar-refractivity contribution is -0.135. The average molecular weight is 475 g/mol. The van der Waals surface area contributed by atoms with E-state index in [1.54, 1.807) is 59.5 Å². The molecule has 8 heteroatoms. The molecule has 1 atom stereocenters. The Morgan fingerprint density at radius 3 is 2.31 bits per heavy atom. The molecule has 0 bridgehead atoms. The van der Waals surface area contributed by atoms with E-state index >= 15 is 0 Å². The normalized spacial score (nSPS) is 14.0. The Balaban J connectivity index is 1.43. The molecule has 1 unspecified atom stereocenters. The highest BCUT2D eigenvalue weighted by atomic mass is 19.1. The topological polar surface area (TPSA) is 105 Å². The van der Waals surface area contributed by atoms with Crippen LogP contribution in [0.15, 0.2) is 66.7 Å². The second-order valence-electron chi connectivity index (χ2n) is 8.44. The third-order valence-corrected chi connectivity index (χ3v) is 6.07. The minimum Gasteiger partial charge on any atom is -0.397 e. The van der Waals surface area contributed by atoms with Crippen molar-refractivity contribution in [2.45, 2.75) is 32.2 Å². The van der Waals surface area contributed by atoms with E-state index in [4.69, 9.17) is 5.73 Å². The van der Waals surface area contributed by atoms with Crippen LogP contribution in [-0.4, -0.2) is 35.2 Å². The van der Waals surface area contributed by atoms with Gasteiger partial charge in [-0.25, -0.2) is 4.39 Å². The van der Waals surface area contributed by atoms with Gasteiger partial charge < -0.3 is 21.3 Å². The smallest absolute Gasteiger partial charge is 0.255 e. The van der Waals surface area contributed by atoms with E-state index in [1.807, 2.05) is 6.92 Å². The molecule has 0 saturated carbocycles. The highest BCUT2D eigenvalue weighted by Gasteiger charge is 2.31. The minimum atomic E-state index is -0.510. The van der Waals surface area contributed by atoms with Gasteiger partial charge in [0, 0.05) is 24.2 Å². The molecule has 1 aliphatic heterocycles. The summed E-state index contributed by atoms with van der Waals surface area (Å²) in [7, 11) is 0. The van der Waals surface area contributed by atoms with Crippen LogP contribution in [0, 0.1) is 5.82 Å². The molecule has 3 amide bonds. The number of nitrogen functional groups attached to an aromatic ring is 1. The third-order valence-electron chi connectivity index (χ3n) is 6.07. The molecular weight excluding hydrogens is 447 g/mol. The van der Waals surface area contributed by atoms with Gasteiger partial charge >= 0.3 is 0 Å². The average Bonchev–Trinajstić information content (AvgIpc) is 3.27. The highest BCUT2D eigenvalue weighted by molar-refractivity contribution is 6.06. The number of carbonyl (C=O) groups excluding carboxylic acids is 3. The maximum Gasteiger partial charge on any atom is 0.255 e. The summed E-state index contributed by atoms with van der Waals surface area (Å²) < 4.78 is 13.2. The molecule has 0 aliphatic carbocycles. The molecule has 4 N–H and O–H groups in total. The zero-order valence-corrected chi connectivity index (χ0v) is 19.4. The van der Waals surface area contributed by atoms with Gasteiger partial charge in [0.15, 0.2) is 0 Å². The molecule has 0 radical (unpaired) electrons. The SMILES string of the molecule is CCC(C(=O)Nc1ccc(C(=O)Nc2cc(-c3ccc(F)cc3)ccc2N)cc1)N1CCCC1=O. The monoisotopic (exact) mass is 474 g/mol. The Morgan fingerprint density at radius 1 is 1.00 bits per heavy atom. The maximum atomic E-state index is 13.2. The summed E-state index contributed by atoms with van der Waals surface area (Å²) in [6, 6.07) is 17.3. The lowest BCUT2D eigenvalue weighted by atomic mass is 10.0. The van der Waals surface area contributed by atoms with Crippen molar-refractivity contribution in [3.05, 3.63) is 78.1 Å². The molecule has 1 saturated heterocycles. The molecule has 1 aliphatic rings. The van der Waals surface area contributed by atoms with Crippen LogP contribution >= 0.6 is 0 Å². The second kappa shape index (κ2) is 10.4. The van der Waals surface area contributed by atoms with Crippen molar-refractivity contribution >= 4 is 34.8 Å². The van der Waals surface area contributed by atoms with Crippen molar-refractivity contribution in [1.29, 1.82) is 0 Å². The van der Waals surface area contributed by atoms with Crippen LogP contribution in [-0.2, 0) is 9.59 Å². The first-order valence-corrected chi connectivity index (χ1v) is 11.5. The summed E-state index contributed by atoms with van der Waals surface area (Å²) in [5.41, 5.74) is 9.39. The Kier molecular flexibility index (Phi) is 7.10. The number of halogens is 1. The lowest BCUT2D eigenvalue weighted by Crippen LogP contribution is -2.44. The van der Waals surface area contributed by atoms with Crippen molar-refractivity contribution in [3.8, 4) is 11.1 Å². The first kappa shape index (κ1) is 23.9. The third kappa shape index (κ3) is 5.48. The summed E-state index contributed by atoms with van der Waals surface area (Å²) >= 11 is 0. The Morgan fingerprint density at radius 2 is 1.69 bits per heavy atom. The fourth-order valence-electron chi connectivity index (χ4n) is 4.16. The molecular formula is C27H27FN4O3. The molecule has 1 fully saturated rings. The van der Waals surface area contributed by atoms with Gasteiger partial charge in [-0.1, -0.05) is 25.1 Å². The van der Waals surface area contributed by atoms with Crippen LogP contribution in [0.5, 0.6) is 0 Å². The van der Waals surface area contributed by atoms with Crippen LogP contribution in [0.25, 0.3) is 11.1 Å². The first-order valence-electron chi connectivity index (χ1n) is 11.5. The fraction of sp³-hybridized carbons (Fsp3) is 0.222. The van der Waals surface area contributed by atoms with E-state index in [0.29, 0.717) is 42.0 Å². The highest BCUT2D eigenvalue weighted by Crippen LogP contribution is 2.28. The lowest BCUT2D eigenvalue weighted by Gasteiger charge is -2.25. The van der Waals surface area contributed by atoms with Crippen molar-refractivity contribution < 1.29 is 18.8 Å². The van der Waals surface area contributed by atoms with Crippen LogP contribution in [0.1, 0.15) is 36.5 Å².